The van der Waals surface area contributed by atoms with Crippen molar-refractivity contribution >= 4 is 23.2 Å². The summed E-state index contributed by atoms with van der Waals surface area (Å²) in [5.74, 6) is -0.481. The minimum absolute atomic E-state index is 0.110. The van der Waals surface area contributed by atoms with E-state index in [2.05, 4.69) is 20.5 Å². The number of fused-ring (bicyclic) bond motifs is 1. The van der Waals surface area contributed by atoms with Gasteiger partial charge in [0.15, 0.2) is 11.5 Å². The van der Waals surface area contributed by atoms with Crippen molar-refractivity contribution in [3.8, 4) is 11.4 Å². The summed E-state index contributed by atoms with van der Waals surface area (Å²) >= 11 is 0. The summed E-state index contributed by atoms with van der Waals surface area (Å²) in [5.41, 5.74) is 2.22. The van der Waals surface area contributed by atoms with E-state index in [1.165, 1.54) is 10.9 Å². The molecule has 3 heterocycles. The molecular weight excluding hydrogens is 384 g/mol. The number of nitrogens with one attached hydrogen (secondary N) is 1. The first kappa shape index (κ1) is 19.3. The van der Waals surface area contributed by atoms with Crippen molar-refractivity contribution < 1.29 is 14.3 Å². The van der Waals surface area contributed by atoms with Crippen LogP contribution >= 0.6 is 0 Å². The van der Waals surface area contributed by atoms with Gasteiger partial charge in [-0.1, -0.05) is 30.3 Å². The number of pyridine rings is 1. The topological polar surface area (TPSA) is 103 Å². The van der Waals surface area contributed by atoms with E-state index in [0.717, 1.165) is 5.56 Å². The molecule has 1 amide bonds. The number of nitrogens with zero attached hydrogens (tertiary/aromatic N) is 5. The molecule has 0 spiro atoms. The number of benzene rings is 1. The zero-order valence-electron chi connectivity index (χ0n) is 16.7. The first-order valence-corrected chi connectivity index (χ1v) is 9.38. The van der Waals surface area contributed by atoms with Crippen molar-refractivity contribution in [2.45, 2.75) is 20.0 Å². The Hall–Kier alpha value is -4.01. The molecule has 4 rings (SSSR count). The molecule has 0 aliphatic rings. The summed E-state index contributed by atoms with van der Waals surface area (Å²) in [4.78, 5) is 29.6. The zero-order valence-corrected chi connectivity index (χ0v) is 16.7. The molecule has 3 aromatic heterocycles. The second-order valence-electron chi connectivity index (χ2n) is 6.96. The van der Waals surface area contributed by atoms with E-state index in [-0.39, 0.29) is 17.4 Å². The number of aryl methyl sites for hydroxylation is 1. The number of hydrogen-bond donors (Lipinski definition) is 1. The second kappa shape index (κ2) is 7.78. The molecule has 0 saturated heterocycles. The van der Waals surface area contributed by atoms with Gasteiger partial charge in [-0.15, -0.1) is 5.10 Å². The number of carbonyl (C=O) groups excluding carboxylic acids is 2. The number of carbonyl (C=O) groups is 2. The van der Waals surface area contributed by atoms with E-state index in [4.69, 9.17) is 4.74 Å². The molecule has 1 N–H and O–H groups in total. The van der Waals surface area contributed by atoms with Crippen molar-refractivity contribution in [2.24, 2.45) is 7.05 Å². The molecule has 0 bridgehead atoms. The first-order chi connectivity index (χ1) is 14.4. The minimum Gasteiger partial charge on any atom is -0.459 e. The van der Waals surface area contributed by atoms with Gasteiger partial charge in [-0.05, 0) is 19.9 Å². The molecule has 0 fully saturated rings. The zero-order chi connectivity index (χ0) is 21.3. The average Bonchev–Trinajstić information content (AvgIpc) is 3.31. The van der Waals surface area contributed by atoms with E-state index in [0.29, 0.717) is 17.2 Å². The van der Waals surface area contributed by atoms with Crippen LogP contribution in [-0.2, 0) is 11.8 Å². The van der Waals surface area contributed by atoms with Crippen molar-refractivity contribution in [3.63, 3.8) is 0 Å². The molecule has 0 aliphatic heterocycles. The van der Waals surface area contributed by atoms with E-state index in [1.54, 1.807) is 43.7 Å². The monoisotopic (exact) mass is 404 g/mol. The van der Waals surface area contributed by atoms with Gasteiger partial charge < -0.3 is 10.1 Å². The largest absolute Gasteiger partial charge is 0.459 e. The molecule has 9 nitrogen and oxygen atoms in total. The van der Waals surface area contributed by atoms with Gasteiger partial charge in [-0.25, -0.2) is 14.3 Å². The van der Waals surface area contributed by atoms with Gasteiger partial charge in [0.25, 0.3) is 5.91 Å². The maximum Gasteiger partial charge on any atom is 0.342 e. The van der Waals surface area contributed by atoms with Gasteiger partial charge in [0.1, 0.15) is 11.3 Å². The molecule has 0 atom stereocenters. The fraction of sp³-hybridized carbons (Fsp3) is 0.190. The summed E-state index contributed by atoms with van der Waals surface area (Å²) < 4.78 is 8.17. The SMILES string of the molecule is CC(C)OC(=O)c1cnn(C)c1C(=O)Nc1ccn2nc(-c3ccccc3)nc2c1. The smallest absolute Gasteiger partial charge is 0.342 e. The van der Waals surface area contributed by atoms with Gasteiger partial charge in [0.2, 0.25) is 0 Å². The number of esters is 1. The van der Waals surface area contributed by atoms with Crippen LogP contribution in [0.2, 0.25) is 0 Å². The quantitative estimate of drug-likeness (QED) is 0.513. The molecule has 0 radical (unpaired) electrons. The fourth-order valence-electron chi connectivity index (χ4n) is 2.99. The highest BCUT2D eigenvalue weighted by Gasteiger charge is 2.24. The van der Waals surface area contributed by atoms with Crippen LogP contribution < -0.4 is 5.32 Å². The summed E-state index contributed by atoms with van der Waals surface area (Å²) in [6.07, 6.45) is 2.73. The van der Waals surface area contributed by atoms with Crippen molar-refractivity contribution in [2.75, 3.05) is 5.32 Å². The Balaban J connectivity index is 1.60. The van der Waals surface area contributed by atoms with E-state index in [1.807, 2.05) is 30.3 Å². The predicted octanol–water partition coefficient (Wildman–Crippen LogP) is 2.95. The summed E-state index contributed by atoms with van der Waals surface area (Å²) in [7, 11) is 1.59. The van der Waals surface area contributed by atoms with Gasteiger partial charge >= 0.3 is 5.97 Å². The fourth-order valence-corrected chi connectivity index (χ4v) is 2.99. The van der Waals surface area contributed by atoms with Crippen molar-refractivity contribution in [3.05, 3.63) is 66.1 Å². The highest BCUT2D eigenvalue weighted by atomic mass is 16.5. The molecule has 1 aromatic carbocycles. The van der Waals surface area contributed by atoms with Crippen LogP contribution in [0.5, 0.6) is 0 Å². The number of hydrogen-bond acceptors (Lipinski definition) is 6. The third-order valence-corrected chi connectivity index (χ3v) is 4.34. The van der Waals surface area contributed by atoms with Gasteiger partial charge in [-0.3, -0.25) is 9.48 Å². The lowest BCUT2D eigenvalue weighted by Gasteiger charge is -2.10. The summed E-state index contributed by atoms with van der Waals surface area (Å²) in [6, 6.07) is 13.0. The number of anilines is 1. The summed E-state index contributed by atoms with van der Waals surface area (Å²) in [6.45, 7) is 3.48. The maximum atomic E-state index is 12.8. The standard InChI is InChI=1S/C21H20N6O3/c1-13(2)30-21(29)16-12-22-26(3)18(16)20(28)23-15-9-10-27-17(11-15)24-19(25-27)14-7-5-4-6-8-14/h4-13H,1-3H3,(H,23,28). The Morgan fingerprint density at radius 3 is 2.63 bits per heavy atom. The normalized spacial score (nSPS) is 11.1. The van der Waals surface area contributed by atoms with Crippen LogP contribution in [0.1, 0.15) is 34.7 Å². The molecular formula is C21H20N6O3. The molecule has 4 aromatic rings. The molecule has 152 valence electrons. The molecule has 0 saturated carbocycles. The lowest BCUT2D eigenvalue weighted by molar-refractivity contribution is 0.0375. The van der Waals surface area contributed by atoms with Crippen LogP contribution in [0.4, 0.5) is 5.69 Å². The maximum absolute atomic E-state index is 12.8. The highest BCUT2D eigenvalue weighted by Crippen LogP contribution is 2.19. The van der Waals surface area contributed by atoms with E-state index in [9.17, 15) is 9.59 Å². The van der Waals surface area contributed by atoms with Crippen LogP contribution in [-0.4, -0.2) is 42.4 Å². The Kier molecular flexibility index (Phi) is 5.01. The molecule has 30 heavy (non-hydrogen) atoms. The van der Waals surface area contributed by atoms with E-state index < -0.39 is 11.9 Å². The first-order valence-electron chi connectivity index (χ1n) is 9.38. The second-order valence-corrected chi connectivity index (χ2v) is 6.96. The Morgan fingerprint density at radius 1 is 1.13 bits per heavy atom. The highest BCUT2D eigenvalue weighted by molar-refractivity contribution is 6.10. The Bertz CT molecular complexity index is 1230. The number of amides is 1. The third kappa shape index (κ3) is 3.77. The Morgan fingerprint density at radius 2 is 1.90 bits per heavy atom. The Labute approximate surface area is 172 Å². The van der Waals surface area contributed by atoms with Crippen LogP contribution in [0, 0.1) is 0 Å². The molecule has 0 unspecified atom stereocenters. The van der Waals surface area contributed by atoms with Crippen LogP contribution in [0.25, 0.3) is 17.0 Å². The van der Waals surface area contributed by atoms with Crippen LogP contribution in [0.3, 0.4) is 0 Å². The summed E-state index contributed by atoms with van der Waals surface area (Å²) in [5, 5.41) is 11.3. The van der Waals surface area contributed by atoms with E-state index >= 15 is 0 Å². The average molecular weight is 404 g/mol. The lowest BCUT2D eigenvalue weighted by atomic mass is 10.2. The number of aromatic nitrogens is 5. The van der Waals surface area contributed by atoms with Crippen molar-refractivity contribution in [1.29, 1.82) is 0 Å². The number of ether oxygens (including phenoxy) is 1. The third-order valence-electron chi connectivity index (χ3n) is 4.34. The van der Waals surface area contributed by atoms with Gasteiger partial charge in [0.05, 0.1) is 12.3 Å². The number of rotatable bonds is 5. The van der Waals surface area contributed by atoms with Crippen LogP contribution in [0.15, 0.2) is 54.9 Å². The predicted molar refractivity (Wildman–Crippen MR) is 110 cm³/mol. The van der Waals surface area contributed by atoms with Gasteiger partial charge in [0, 0.05) is 30.6 Å². The van der Waals surface area contributed by atoms with Gasteiger partial charge in [-0.2, -0.15) is 5.10 Å². The minimum atomic E-state index is -0.594. The molecule has 0 aliphatic carbocycles. The molecule has 9 heteroatoms. The lowest BCUT2D eigenvalue weighted by Crippen LogP contribution is -2.21. The van der Waals surface area contributed by atoms with Crippen molar-refractivity contribution in [1.82, 2.24) is 24.4 Å².